The number of allylic oxidation sites excluding steroid dienone is 2. The normalized spacial score (nSPS) is 24.1. The van der Waals surface area contributed by atoms with Crippen molar-refractivity contribution in [2.45, 2.75) is 66.2 Å². The second kappa shape index (κ2) is 6.35. The van der Waals surface area contributed by atoms with Gasteiger partial charge >= 0.3 is 0 Å². The minimum Gasteiger partial charge on any atom is -0.0848 e. The third kappa shape index (κ3) is 4.86. The molecule has 0 radical (unpaired) electrons. The van der Waals surface area contributed by atoms with E-state index in [4.69, 9.17) is 0 Å². The van der Waals surface area contributed by atoms with Crippen LogP contribution in [0.5, 0.6) is 0 Å². The van der Waals surface area contributed by atoms with Gasteiger partial charge in [-0.3, -0.25) is 0 Å². The topological polar surface area (TPSA) is 0 Å². The van der Waals surface area contributed by atoms with Gasteiger partial charge in [-0.15, -0.1) is 0 Å². The number of hydrogen-bond acceptors (Lipinski definition) is 0. The summed E-state index contributed by atoms with van der Waals surface area (Å²) in [5, 5.41) is 0. The van der Waals surface area contributed by atoms with Crippen LogP contribution in [0.15, 0.2) is 11.6 Å². The SMILES string of the molecule is CC(C)CCCC(C)C1=CCC(C)CC1. The zero-order valence-electron chi connectivity index (χ0n) is 11.1. The van der Waals surface area contributed by atoms with Crippen LogP contribution in [0.25, 0.3) is 0 Å². The minimum atomic E-state index is 0.844. The van der Waals surface area contributed by atoms with Gasteiger partial charge in [0.2, 0.25) is 0 Å². The Morgan fingerprint density at radius 2 is 2.00 bits per heavy atom. The average molecular weight is 208 g/mol. The van der Waals surface area contributed by atoms with Crippen LogP contribution < -0.4 is 0 Å². The monoisotopic (exact) mass is 208 g/mol. The lowest BCUT2D eigenvalue weighted by molar-refractivity contribution is 0.447. The lowest BCUT2D eigenvalue weighted by Crippen LogP contribution is -2.08. The zero-order valence-corrected chi connectivity index (χ0v) is 11.1. The van der Waals surface area contributed by atoms with Crippen molar-refractivity contribution in [3.8, 4) is 0 Å². The summed E-state index contributed by atoms with van der Waals surface area (Å²) in [5.74, 6) is 2.64. The largest absolute Gasteiger partial charge is 0.0848 e. The molecule has 0 N–H and O–H groups in total. The molecule has 0 saturated carbocycles. The van der Waals surface area contributed by atoms with Crippen LogP contribution in [0.4, 0.5) is 0 Å². The van der Waals surface area contributed by atoms with E-state index in [-0.39, 0.29) is 0 Å². The van der Waals surface area contributed by atoms with E-state index in [0.717, 1.165) is 17.8 Å². The van der Waals surface area contributed by atoms with Gasteiger partial charge in [-0.05, 0) is 43.4 Å². The van der Waals surface area contributed by atoms with Crippen molar-refractivity contribution in [3.05, 3.63) is 11.6 Å². The molecule has 0 fully saturated rings. The summed E-state index contributed by atoms with van der Waals surface area (Å²) < 4.78 is 0. The van der Waals surface area contributed by atoms with E-state index < -0.39 is 0 Å². The summed E-state index contributed by atoms with van der Waals surface area (Å²) >= 11 is 0. The van der Waals surface area contributed by atoms with Crippen molar-refractivity contribution in [2.75, 3.05) is 0 Å². The summed E-state index contributed by atoms with van der Waals surface area (Å²) in [6.07, 6.45) is 10.8. The van der Waals surface area contributed by atoms with Crippen LogP contribution in [0.1, 0.15) is 66.2 Å². The molecule has 0 saturated heterocycles. The molecular formula is C15H28. The molecule has 0 amide bonds. The van der Waals surface area contributed by atoms with Gasteiger partial charge in [0.15, 0.2) is 0 Å². The molecule has 1 aliphatic carbocycles. The van der Waals surface area contributed by atoms with Crippen molar-refractivity contribution in [3.63, 3.8) is 0 Å². The molecule has 0 aliphatic heterocycles. The number of hydrogen-bond donors (Lipinski definition) is 0. The predicted molar refractivity (Wildman–Crippen MR) is 69.0 cm³/mol. The molecule has 1 aliphatic rings. The Balaban J connectivity index is 2.25. The highest BCUT2D eigenvalue weighted by atomic mass is 14.2. The molecule has 0 spiro atoms. The smallest absolute Gasteiger partial charge is 0.0232 e. The molecule has 15 heavy (non-hydrogen) atoms. The van der Waals surface area contributed by atoms with Crippen molar-refractivity contribution in [1.29, 1.82) is 0 Å². The lowest BCUT2D eigenvalue weighted by Gasteiger charge is -2.23. The molecule has 1 rings (SSSR count). The Morgan fingerprint density at radius 3 is 2.53 bits per heavy atom. The number of rotatable bonds is 5. The van der Waals surface area contributed by atoms with Gasteiger partial charge in [0.1, 0.15) is 0 Å². The van der Waals surface area contributed by atoms with Gasteiger partial charge in [-0.1, -0.05) is 52.2 Å². The van der Waals surface area contributed by atoms with Crippen molar-refractivity contribution in [2.24, 2.45) is 17.8 Å². The Labute approximate surface area is 96.2 Å². The van der Waals surface area contributed by atoms with E-state index in [1.807, 2.05) is 0 Å². The maximum Gasteiger partial charge on any atom is -0.0232 e. The van der Waals surface area contributed by atoms with Crippen LogP contribution in [-0.4, -0.2) is 0 Å². The van der Waals surface area contributed by atoms with Gasteiger partial charge < -0.3 is 0 Å². The van der Waals surface area contributed by atoms with Gasteiger partial charge in [0.25, 0.3) is 0 Å². The first-order valence-corrected chi connectivity index (χ1v) is 6.78. The Hall–Kier alpha value is -0.260. The van der Waals surface area contributed by atoms with E-state index in [2.05, 4.69) is 33.8 Å². The second-order valence-corrected chi connectivity index (χ2v) is 5.88. The van der Waals surface area contributed by atoms with Crippen LogP contribution in [0.2, 0.25) is 0 Å². The van der Waals surface area contributed by atoms with Gasteiger partial charge in [0.05, 0.1) is 0 Å². The Bertz CT molecular complexity index is 200. The highest BCUT2D eigenvalue weighted by Crippen LogP contribution is 2.30. The molecular weight excluding hydrogens is 180 g/mol. The van der Waals surface area contributed by atoms with Crippen LogP contribution in [0.3, 0.4) is 0 Å². The maximum absolute atomic E-state index is 2.52. The standard InChI is InChI=1S/C15H28/c1-12(2)6-5-7-14(4)15-10-8-13(3)9-11-15/h10,12-14H,5-9,11H2,1-4H3. The molecule has 2 atom stereocenters. The van der Waals surface area contributed by atoms with Crippen LogP contribution >= 0.6 is 0 Å². The second-order valence-electron chi connectivity index (χ2n) is 5.88. The van der Waals surface area contributed by atoms with Gasteiger partial charge in [0, 0.05) is 0 Å². The van der Waals surface area contributed by atoms with E-state index in [1.165, 1.54) is 38.5 Å². The summed E-state index contributed by atoms with van der Waals surface area (Å²) in [4.78, 5) is 0. The lowest BCUT2D eigenvalue weighted by atomic mass is 9.83. The highest BCUT2D eigenvalue weighted by Gasteiger charge is 2.14. The van der Waals surface area contributed by atoms with Crippen LogP contribution in [-0.2, 0) is 0 Å². The third-order valence-corrected chi connectivity index (χ3v) is 3.76. The molecule has 0 nitrogen and oxygen atoms in total. The predicted octanol–water partition coefficient (Wildman–Crippen LogP) is 5.20. The van der Waals surface area contributed by atoms with Crippen LogP contribution in [0, 0.1) is 17.8 Å². The van der Waals surface area contributed by atoms with Crippen molar-refractivity contribution < 1.29 is 0 Å². The van der Waals surface area contributed by atoms with E-state index in [9.17, 15) is 0 Å². The Morgan fingerprint density at radius 1 is 1.27 bits per heavy atom. The first-order valence-electron chi connectivity index (χ1n) is 6.78. The molecule has 0 aromatic heterocycles. The summed E-state index contributed by atoms with van der Waals surface area (Å²) in [6.45, 7) is 9.44. The summed E-state index contributed by atoms with van der Waals surface area (Å²) in [7, 11) is 0. The maximum atomic E-state index is 2.52. The fraction of sp³-hybridized carbons (Fsp3) is 0.867. The zero-order chi connectivity index (χ0) is 11.3. The molecule has 0 aromatic rings. The molecule has 0 heteroatoms. The molecule has 88 valence electrons. The first-order chi connectivity index (χ1) is 7.09. The molecule has 0 heterocycles. The van der Waals surface area contributed by atoms with E-state index in [0.29, 0.717) is 0 Å². The minimum absolute atomic E-state index is 0.844. The van der Waals surface area contributed by atoms with Crippen molar-refractivity contribution >= 4 is 0 Å². The summed E-state index contributed by atoms with van der Waals surface area (Å²) in [5.41, 5.74) is 1.75. The third-order valence-electron chi connectivity index (χ3n) is 3.76. The van der Waals surface area contributed by atoms with E-state index in [1.54, 1.807) is 5.57 Å². The molecule has 0 bridgehead atoms. The van der Waals surface area contributed by atoms with E-state index >= 15 is 0 Å². The molecule has 2 unspecified atom stereocenters. The summed E-state index contributed by atoms with van der Waals surface area (Å²) in [6, 6.07) is 0. The first kappa shape index (κ1) is 12.8. The fourth-order valence-electron chi connectivity index (χ4n) is 2.45. The molecule has 0 aromatic carbocycles. The van der Waals surface area contributed by atoms with Gasteiger partial charge in [-0.25, -0.2) is 0 Å². The highest BCUT2D eigenvalue weighted by molar-refractivity contribution is 5.09. The average Bonchev–Trinajstić information content (AvgIpc) is 2.18. The fourth-order valence-corrected chi connectivity index (χ4v) is 2.45. The van der Waals surface area contributed by atoms with Gasteiger partial charge in [-0.2, -0.15) is 0 Å². The Kier molecular flexibility index (Phi) is 5.42. The quantitative estimate of drug-likeness (QED) is 0.545. The van der Waals surface area contributed by atoms with Crippen molar-refractivity contribution in [1.82, 2.24) is 0 Å².